The number of benzene rings is 3. The molecule has 3 aromatic carbocycles. The van der Waals surface area contributed by atoms with Gasteiger partial charge < -0.3 is 14.2 Å². The standard InChI is InChI=1S/C31H35F2NO6S/c1-4-38-29(35)31(2,3)17-6-5-8-20-11-14-22(15-12-20)28-24-18-21(19-41(34,36)37)13-16-23(24)27-25(39-28)9-7-10-26(27)40-30(32)33/h7,9-16,18,28,30H,4-6,8,17,19H2,1-3H3,(H2,34,36,37). The Kier molecular flexibility index (Phi) is 9.34. The molecule has 0 saturated carbocycles. The average molecular weight is 588 g/mol. The second kappa shape index (κ2) is 12.6. The first kappa shape index (κ1) is 30.5. The molecule has 41 heavy (non-hydrogen) atoms. The summed E-state index contributed by atoms with van der Waals surface area (Å²) < 4.78 is 66.2. The van der Waals surface area contributed by atoms with Crippen LogP contribution in [-0.2, 0) is 31.7 Å². The fourth-order valence-corrected chi connectivity index (χ4v) is 5.71. The van der Waals surface area contributed by atoms with Crippen LogP contribution in [0.5, 0.6) is 11.5 Å². The number of nitrogens with two attached hydrogens (primary N) is 1. The molecule has 7 nitrogen and oxygen atoms in total. The van der Waals surface area contributed by atoms with Crippen molar-refractivity contribution in [1.82, 2.24) is 0 Å². The summed E-state index contributed by atoms with van der Waals surface area (Å²) in [5.41, 5.74) is 3.48. The summed E-state index contributed by atoms with van der Waals surface area (Å²) in [7, 11) is -3.79. The topological polar surface area (TPSA) is 105 Å². The number of hydrogen-bond donors (Lipinski definition) is 1. The number of aryl methyl sites for hydroxylation is 1. The highest BCUT2D eigenvalue weighted by Gasteiger charge is 2.31. The van der Waals surface area contributed by atoms with Crippen LogP contribution in [0.15, 0.2) is 60.7 Å². The van der Waals surface area contributed by atoms with E-state index >= 15 is 0 Å². The third kappa shape index (κ3) is 7.62. The number of carbonyl (C=O) groups excluding carboxylic acids is 1. The van der Waals surface area contributed by atoms with E-state index < -0.39 is 28.2 Å². The summed E-state index contributed by atoms with van der Waals surface area (Å²) >= 11 is 0. The Hall–Kier alpha value is -3.50. The monoisotopic (exact) mass is 587 g/mol. The van der Waals surface area contributed by atoms with Gasteiger partial charge in [0.1, 0.15) is 17.6 Å². The molecule has 0 amide bonds. The highest BCUT2D eigenvalue weighted by Crippen LogP contribution is 2.49. The maximum Gasteiger partial charge on any atom is 0.387 e. The lowest BCUT2D eigenvalue weighted by atomic mass is 9.86. The Morgan fingerprint density at radius 3 is 2.41 bits per heavy atom. The van der Waals surface area contributed by atoms with Crippen molar-refractivity contribution < 1.29 is 36.2 Å². The second-order valence-electron chi connectivity index (χ2n) is 10.8. The van der Waals surface area contributed by atoms with Gasteiger partial charge >= 0.3 is 12.6 Å². The quantitative estimate of drug-likeness (QED) is 0.191. The zero-order valence-corrected chi connectivity index (χ0v) is 24.2. The smallest absolute Gasteiger partial charge is 0.387 e. The van der Waals surface area contributed by atoms with Crippen LogP contribution in [0, 0.1) is 5.41 Å². The van der Waals surface area contributed by atoms with E-state index in [1.807, 2.05) is 38.1 Å². The van der Waals surface area contributed by atoms with E-state index in [1.165, 1.54) is 6.07 Å². The first-order valence-electron chi connectivity index (χ1n) is 13.5. The highest BCUT2D eigenvalue weighted by molar-refractivity contribution is 7.88. The summed E-state index contributed by atoms with van der Waals surface area (Å²) in [6.45, 7) is 2.95. The van der Waals surface area contributed by atoms with Gasteiger partial charge in [0.05, 0.1) is 23.3 Å². The minimum absolute atomic E-state index is 0.0297. The number of fused-ring (bicyclic) bond motifs is 3. The minimum atomic E-state index is -3.79. The zero-order chi connectivity index (χ0) is 29.8. The Bertz CT molecular complexity index is 1490. The Balaban J connectivity index is 1.57. The van der Waals surface area contributed by atoms with Crippen LogP contribution in [0.4, 0.5) is 8.78 Å². The number of rotatable bonds is 12. The van der Waals surface area contributed by atoms with Gasteiger partial charge in [-0.25, -0.2) is 13.6 Å². The number of hydrogen-bond acceptors (Lipinski definition) is 6. The molecule has 1 aliphatic rings. The minimum Gasteiger partial charge on any atom is -0.480 e. The van der Waals surface area contributed by atoms with Crippen LogP contribution < -0.4 is 14.6 Å². The van der Waals surface area contributed by atoms with Gasteiger partial charge in [-0.3, -0.25) is 4.79 Å². The molecule has 0 bridgehead atoms. The molecule has 0 saturated heterocycles. The predicted molar refractivity (Wildman–Crippen MR) is 152 cm³/mol. The summed E-state index contributed by atoms with van der Waals surface area (Å²) in [6.07, 6.45) is 2.73. The van der Waals surface area contributed by atoms with Crippen LogP contribution in [0.2, 0.25) is 0 Å². The number of carbonyl (C=O) groups is 1. The average Bonchev–Trinajstić information content (AvgIpc) is 2.90. The summed E-state index contributed by atoms with van der Waals surface area (Å²) in [6, 6.07) is 17.6. The SMILES string of the molecule is CCOC(=O)C(C)(C)CCCCc1ccc(C2Oc3cccc(OC(F)F)c3-c3ccc(CS(N)(=O)=O)cc32)cc1. The molecule has 0 spiro atoms. The van der Waals surface area contributed by atoms with Crippen molar-refractivity contribution in [3.8, 4) is 22.6 Å². The lowest BCUT2D eigenvalue weighted by Gasteiger charge is -2.31. The van der Waals surface area contributed by atoms with Gasteiger partial charge in [-0.1, -0.05) is 55.0 Å². The lowest BCUT2D eigenvalue weighted by molar-refractivity contribution is -0.153. The Labute approximate surface area is 239 Å². The molecule has 4 rings (SSSR count). The third-order valence-corrected chi connectivity index (χ3v) is 7.85. The number of ether oxygens (including phenoxy) is 3. The van der Waals surface area contributed by atoms with Crippen LogP contribution in [0.3, 0.4) is 0 Å². The number of alkyl halides is 2. The molecule has 220 valence electrons. The predicted octanol–water partition coefficient (Wildman–Crippen LogP) is 6.53. The van der Waals surface area contributed by atoms with Gasteiger partial charge in [-0.05, 0) is 74.4 Å². The molecule has 1 unspecified atom stereocenters. The number of sulfonamides is 1. The van der Waals surface area contributed by atoms with E-state index in [0.29, 0.717) is 34.6 Å². The second-order valence-corrected chi connectivity index (χ2v) is 12.4. The molecule has 1 atom stereocenters. The fourth-order valence-electron chi connectivity index (χ4n) is 5.07. The van der Waals surface area contributed by atoms with Crippen LogP contribution in [0.25, 0.3) is 11.1 Å². The van der Waals surface area contributed by atoms with Crippen molar-refractivity contribution in [3.63, 3.8) is 0 Å². The molecule has 0 aromatic heterocycles. The molecule has 0 radical (unpaired) electrons. The Morgan fingerprint density at radius 1 is 1.05 bits per heavy atom. The number of primary sulfonamides is 1. The summed E-state index contributed by atoms with van der Waals surface area (Å²) in [5, 5.41) is 5.28. The molecular formula is C31H35F2NO6S. The largest absolute Gasteiger partial charge is 0.480 e. The van der Waals surface area contributed by atoms with E-state index in [4.69, 9.17) is 19.3 Å². The van der Waals surface area contributed by atoms with Crippen LogP contribution in [0.1, 0.15) is 68.4 Å². The van der Waals surface area contributed by atoms with Crippen molar-refractivity contribution in [2.24, 2.45) is 10.6 Å². The normalized spacial score (nSPS) is 14.7. The van der Waals surface area contributed by atoms with Crippen LogP contribution in [-0.4, -0.2) is 27.6 Å². The highest BCUT2D eigenvalue weighted by atomic mass is 32.2. The molecule has 0 fully saturated rings. The number of unbranched alkanes of at least 4 members (excludes halogenated alkanes) is 1. The van der Waals surface area contributed by atoms with Gasteiger partial charge in [-0.2, -0.15) is 8.78 Å². The van der Waals surface area contributed by atoms with Crippen molar-refractivity contribution in [2.75, 3.05) is 6.61 Å². The zero-order valence-electron chi connectivity index (χ0n) is 23.4. The van der Waals surface area contributed by atoms with E-state index in [2.05, 4.69) is 0 Å². The van der Waals surface area contributed by atoms with Gasteiger partial charge in [0, 0.05) is 5.56 Å². The lowest BCUT2D eigenvalue weighted by Crippen LogP contribution is -2.26. The molecule has 2 N–H and O–H groups in total. The van der Waals surface area contributed by atoms with E-state index in [9.17, 15) is 22.0 Å². The van der Waals surface area contributed by atoms with Crippen molar-refractivity contribution in [1.29, 1.82) is 0 Å². The van der Waals surface area contributed by atoms with Gasteiger partial charge in [0.15, 0.2) is 0 Å². The first-order valence-corrected chi connectivity index (χ1v) is 15.2. The van der Waals surface area contributed by atoms with Gasteiger partial charge in [0.2, 0.25) is 10.0 Å². The van der Waals surface area contributed by atoms with Gasteiger partial charge in [0.25, 0.3) is 0 Å². The molecule has 1 heterocycles. The molecular weight excluding hydrogens is 552 g/mol. The fraction of sp³-hybridized carbons (Fsp3) is 0.387. The molecule has 0 aliphatic carbocycles. The number of halogens is 2. The summed E-state index contributed by atoms with van der Waals surface area (Å²) in [5.74, 6) is -0.203. The summed E-state index contributed by atoms with van der Waals surface area (Å²) in [4.78, 5) is 12.1. The van der Waals surface area contributed by atoms with E-state index in [-0.39, 0.29) is 17.5 Å². The molecule has 3 aromatic rings. The van der Waals surface area contributed by atoms with Crippen molar-refractivity contribution in [3.05, 3.63) is 82.9 Å². The third-order valence-electron chi connectivity index (χ3n) is 7.11. The molecule has 10 heteroatoms. The van der Waals surface area contributed by atoms with Gasteiger partial charge in [-0.15, -0.1) is 0 Å². The van der Waals surface area contributed by atoms with E-state index in [1.54, 1.807) is 37.3 Å². The Morgan fingerprint density at radius 2 is 1.76 bits per heavy atom. The van der Waals surface area contributed by atoms with Crippen LogP contribution >= 0.6 is 0 Å². The maximum absolute atomic E-state index is 13.2. The maximum atomic E-state index is 13.2. The molecule has 1 aliphatic heterocycles. The first-order chi connectivity index (χ1) is 19.4. The van der Waals surface area contributed by atoms with E-state index in [0.717, 1.165) is 36.8 Å². The van der Waals surface area contributed by atoms with Crippen molar-refractivity contribution >= 4 is 16.0 Å². The number of esters is 1. The van der Waals surface area contributed by atoms with Crippen molar-refractivity contribution in [2.45, 2.75) is 64.9 Å².